The number of fused-ring (bicyclic) bond motifs is 1. The highest BCUT2D eigenvalue weighted by atomic mass is 32.2. The van der Waals surface area contributed by atoms with Crippen LogP contribution in [0, 0.1) is 5.82 Å². The number of pyridine rings is 1. The van der Waals surface area contributed by atoms with Crippen molar-refractivity contribution in [2.45, 2.75) is 53.1 Å². The number of halogens is 1. The average molecular weight is 596 g/mol. The van der Waals surface area contributed by atoms with E-state index >= 15 is 4.39 Å². The quantitative estimate of drug-likeness (QED) is 0.233. The molecule has 2 heterocycles. The third-order valence-corrected chi connectivity index (χ3v) is 7.84. The molecule has 0 radical (unpaired) electrons. The largest absolute Gasteiger partial charge is 0.333 e. The van der Waals surface area contributed by atoms with Gasteiger partial charge in [0.15, 0.2) is 0 Å². The van der Waals surface area contributed by atoms with Gasteiger partial charge in [-0.05, 0) is 82.1 Å². The van der Waals surface area contributed by atoms with Crippen LogP contribution in [0.25, 0.3) is 22.0 Å². The van der Waals surface area contributed by atoms with Crippen LogP contribution >= 0.6 is 0 Å². The van der Waals surface area contributed by atoms with Gasteiger partial charge in [0.1, 0.15) is 11.5 Å². The molecule has 0 bridgehead atoms. The lowest BCUT2D eigenvalue weighted by Gasteiger charge is -2.21. The fourth-order valence-corrected chi connectivity index (χ4v) is 5.15. The summed E-state index contributed by atoms with van der Waals surface area (Å²) in [5.41, 5.74) is 1.15. The molecule has 0 atom stereocenters. The Morgan fingerprint density at radius 2 is 1.79 bits per heavy atom. The van der Waals surface area contributed by atoms with Crippen molar-refractivity contribution in [3.05, 3.63) is 87.7 Å². The number of amides is 3. The fraction of sp³-hybridized carbons (Fsp3) is 0.300. The summed E-state index contributed by atoms with van der Waals surface area (Å²) in [7, 11) is -3.99. The van der Waals surface area contributed by atoms with Crippen molar-refractivity contribution >= 4 is 38.6 Å². The summed E-state index contributed by atoms with van der Waals surface area (Å²) in [6.07, 6.45) is 2.11. The standard InChI is InChI=1S/C30H34FN5O5S/c1-6-18-10-13-24-22(15-18)25(21-9-8-14-32-27(21)37)26(28(38)35-42(40,41)7-2)36(24)17-19-16-20(11-12-23(19)31)33-29(39)34-30(3,4)5/h8-16H,6-7,17H2,1-5H3,(H,32,37)(H,35,38)(H2,33,34,39). The lowest BCUT2D eigenvalue weighted by Crippen LogP contribution is -2.43. The van der Waals surface area contributed by atoms with Crippen molar-refractivity contribution in [3.63, 3.8) is 0 Å². The van der Waals surface area contributed by atoms with Crippen LogP contribution in [0.2, 0.25) is 0 Å². The smallest absolute Gasteiger partial charge is 0.319 e. The molecule has 4 N–H and O–H groups in total. The van der Waals surface area contributed by atoms with E-state index in [-0.39, 0.29) is 34.7 Å². The Morgan fingerprint density at radius 1 is 1.05 bits per heavy atom. The number of H-pyrrole nitrogens is 1. The zero-order chi connectivity index (χ0) is 30.8. The predicted molar refractivity (Wildman–Crippen MR) is 162 cm³/mol. The van der Waals surface area contributed by atoms with Crippen LogP contribution in [-0.2, 0) is 23.0 Å². The lowest BCUT2D eigenvalue weighted by atomic mass is 10.0. The molecule has 0 aliphatic heterocycles. The van der Waals surface area contributed by atoms with Crippen LogP contribution in [0.15, 0.2) is 59.5 Å². The summed E-state index contributed by atoms with van der Waals surface area (Å²) < 4.78 is 43.8. The number of hydrogen-bond acceptors (Lipinski definition) is 5. The summed E-state index contributed by atoms with van der Waals surface area (Å²) >= 11 is 0. The van der Waals surface area contributed by atoms with Crippen molar-refractivity contribution in [1.82, 2.24) is 19.6 Å². The van der Waals surface area contributed by atoms with Crippen LogP contribution in [0.1, 0.15) is 56.2 Å². The average Bonchev–Trinajstić information content (AvgIpc) is 3.22. The zero-order valence-corrected chi connectivity index (χ0v) is 24.9. The molecule has 2 aromatic carbocycles. The highest BCUT2D eigenvalue weighted by Gasteiger charge is 2.28. The van der Waals surface area contributed by atoms with Gasteiger partial charge in [-0.3, -0.25) is 9.59 Å². The van der Waals surface area contributed by atoms with E-state index in [1.54, 1.807) is 18.2 Å². The molecule has 3 amide bonds. The van der Waals surface area contributed by atoms with E-state index < -0.39 is 38.9 Å². The predicted octanol–water partition coefficient (Wildman–Crippen LogP) is 4.75. The van der Waals surface area contributed by atoms with E-state index in [4.69, 9.17) is 0 Å². The number of anilines is 1. The minimum Gasteiger partial charge on any atom is -0.333 e. The van der Waals surface area contributed by atoms with E-state index in [9.17, 15) is 22.8 Å². The van der Waals surface area contributed by atoms with E-state index in [1.165, 1.54) is 35.9 Å². The number of aromatic nitrogens is 2. The second-order valence-electron chi connectivity index (χ2n) is 10.9. The highest BCUT2D eigenvalue weighted by Crippen LogP contribution is 2.35. The second kappa shape index (κ2) is 11.8. The molecule has 0 spiro atoms. The van der Waals surface area contributed by atoms with Gasteiger partial charge in [0.05, 0.1) is 12.3 Å². The van der Waals surface area contributed by atoms with Crippen LogP contribution in [0.3, 0.4) is 0 Å². The summed E-state index contributed by atoms with van der Waals surface area (Å²) in [4.78, 5) is 41.7. The molecule has 4 rings (SSSR count). The number of aromatic amines is 1. The Hall–Kier alpha value is -4.45. The van der Waals surface area contributed by atoms with Crippen molar-refractivity contribution in [2.24, 2.45) is 0 Å². The number of benzene rings is 2. The van der Waals surface area contributed by atoms with Gasteiger partial charge < -0.3 is 20.2 Å². The third kappa shape index (κ3) is 6.71. The van der Waals surface area contributed by atoms with Gasteiger partial charge in [0.2, 0.25) is 10.0 Å². The van der Waals surface area contributed by atoms with Gasteiger partial charge >= 0.3 is 6.03 Å². The van der Waals surface area contributed by atoms with E-state index in [1.807, 2.05) is 39.8 Å². The first-order chi connectivity index (χ1) is 19.7. The molecular formula is C30H34FN5O5S. The minimum absolute atomic E-state index is 0.116. The lowest BCUT2D eigenvalue weighted by molar-refractivity contribution is 0.0974. The third-order valence-electron chi connectivity index (χ3n) is 6.59. The topological polar surface area (TPSA) is 142 Å². The maximum Gasteiger partial charge on any atom is 0.319 e. The van der Waals surface area contributed by atoms with Crippen molar-refractivity contribution in [2.75, 3.05) is 11.1 Å². The number of nitrogens with one attached hydrogen (secondary N) is 4. The maximum atomic E-state index is 15.2. The number of sulfonamides is 1. The van der Waals surface area contributed by atoms with E-state index in [0.29, 0.717) is 23.0 Å². The van der Waals surface area contributed by atoms with Gasteiger partial charge in [-0.1, -0.05) is 13.0 Å². The number of urea groups is 1. The van der Waals surface area contributed by atoms with Gasteiger partial charge in [-0.15, -0.1) is 0 Å². The summed E-state index contributed by atoms with van der Waals surface area (Å²) in [5.74, 6) is -1.90. The number of hydrogen-bond donors (Lipinski definition) is 4. The number of rotatable bonds is 8. The Bertz CT molecular complexity index is 1840. The highest BCUT2D eigenvalue weighted by molar-refractivity contribution is 7.90. The summed E-state index contributed by atoms with van der Waals surface area (Å²) in [6.45, 7) is 8.62. The zero-order valence-electron chi connectivity index (χ0n) is 24.1. The molecule has 0 aliphatic carbocycles. The molecule has 4 aromatic rings. The van der Waals surface area contributed by atoms with Gasteiger partial charge in [0.25, 0.3) is 11.5 Å². The van der Waals surface area contributed by atoms with Gasteiger partial charge in [-0.2, -0.15) is 0 Å². The van der Waals surface area contributed by atoms with Gasteiger partial charge in [-0.25, -0.2) is 22.3 Å². The van der Waals surface area contributed by atoms with E-state index in [2.05, 4.69) is 20.3 Å². The maximum absolute atomic E-state index is 15.2. The molecule has 2 aromatic heterocycles. The molecule has 0 saturated carbocycles. The van der Waals surface area contributed by atoms with E-state index in [0.717, 1.165) is 5.56 Å². The molecule has 222 valence electrons. The molecular weight excluding hydrogens is 561 g/mol. The van der Waals surface area contributed by atoms with Crippen LogP contribution in [0.5, 0.6) is 0 Å². The normalized spacial score (nSPS) is 11.9. The first-order valence-electron chi connectivity index (χ1n) is 13.5. The number of nitrogens with zero attached hydrogens (tertiary/aromatic N) is 1. The summed E-state index contributed by atoms with van der Waals surface area (Å²) in [5, 5.41) is 5.99. The molecule has 0 fully saturated rings. The van der Waals surface area contributed by atoms with Crippen molar-refractivity contribution in [3.8, 4) is 11.1 Å². The SMILES string of the molecule is CCc1ccc2c(c1)c(-c1ccc[nH]c1=O)c(C(=O)NS(=O)(=O)CC)n2Cc1cc(NC(=O)NC(C)(C)C)ccc1F. The first-order valence-corrected chi connectivity index (χ1v) is 15.1. The molecule has 12 heteroatoms. The Balaban J connectivity index is 1.95. The number of aryl methyl sites for hydroxylation is 1. The Labute approximate surface area is 243 Å². The number of carbonyl (C=O) groups excluding carboxylic acids is 2. The first kappa shape index (κ1) is 30.5. The van der Waals surface area contributed by atoms with Crippen LogP contribution < -0.4 is 20.9 Å². The molecule has 0 aliphatic rings. The van der Waals surface area contributed by atoms with Crippen molar-refractivity contribution in [1.29, 1.82) is 0 Å². The van der Waals surface area contributed by atoms with Crippen molar-refractivity contribution < 1.29 is 22.4 Å². The summed E-state index contributed by atoms with van der Waals surface area (Å²) in [6, 6.07) is 12.2. The Morgan fingerprint density at radius 3 is 2.43 bits per heavy atom. The Kier molecular flexibility index (Phi) is 8.58. The molecule has 10 nitrogen and oxygen atoms in total. The number of carbonyl (C=O) groups is 2. The molecule has 42 heavy (non-hydrogen) atoms. The van der Waals surface area contributed by atoms with Crippen LogP contribution in [0.4, 0.5) is 14.9 Å². The molecule has 0 unspecified atom stereocenters. The van der Waals surface area contributed by atoms with Crippen LogP contribution in [-0.4, -0.2) is 41.2 Å². The minimum atomic E-state index is -3.99. The fourth-order valence-electron chi connectivity index (χ4n) is 4.62. The van der Waals surface area contributed by atoms with Gasteiger partial charge in [0, 0.05) is 45.0 Å². The second-order valence-corrected chi connectivity index (χ2v) is 12.9. The monoisotopic (exact) mass is 595 g/mol. The molecule has 0 saturated heterocycles.